The normalized spacial score (nSPS) is 23.1. The van der Waals surface area contributed by atoms with Gasteiger partial charge in [-0.25, -0.2) is 4.39 Å². The third kappa shape index (κ3) is 2.65. The molecule has 0 aromatic heterocycles. The number of benzene rings is 1. The molecule has 19 heavy (non-hydrogen) atoms. The first-order valence-electron chi connectivity index (χ1n) is 6.06. The van der Waals surface area contributed by atoms with E-state index in [9.17, 15) is 9.18 Å². The summed E-state index contributed by atoms with van der Waals surface area (Å²) < 4.78 is 20.3. The molecule has 4 heteroatoms. The molecule has 2 nitrogen and oxygen atoms in total. The van der Waals surface area contributed by atoms with Crippen molar-refractivity contribution in [3.05, 3.63) is 39.6 Å². The summed E-state index contributed by atoms with van der Waals surface area (Å²) in [4.78, 5) is 12.3. The molecule has 0 aliphatic carbocycles. The fourth-order valence-electron chi connectivity index (χ4n) is 2.36. The van der Waals surface area contributed by atoms with E-state index in [0.717, 1.165) is 4.47 Å². The summed E-state index contributed by atoms with van der Waals surface area (Å²) in [7, 11) is 0. The van der Waals surface area contributed by atoms with Crippen LogP contribution in [0.4, 0.5) is 4.39 Å². The summed E-state index contributed by atoms with van der Waals surface area (Å²) in [5.41, 5.74) is -0.700. The topological polar surface area (TPSA) is 26.3 Å². The van der Waals surface area contributed by atoms with Crippen LogP contribution in [0, 0.1) is 5.82 Å². The summed E-state index contributed by atoms with van der Waals surface area (Å²) in [6, 6.07) is 4.64. The molecule has 0 amide bonds. The Kier molecular flexibility index (Phi) is 3.43. The Morgan fingerprint density at radius 1 is 1.21 bits per heavy atom. The fourth-order valence-corrected chi connectivity index (χ4v) is 2.74. The Hall–Kier alpha value is -1.00. The van der Waals surface area contributed by atoms with Crippen LogP contribution >= 0.6 is 15.9 Å². The molecule has 1 saturated heterocycles. The molecule has 0 bridgehead atoms. The van der Waals surface area contributed by atoms with Crippen molar-refractivity contribution in [1.82, 2.24) is 0 Å². The van der Waals surface area contributed by atoms with Crippen molar-refractivity contribution in [3.8, 4) is 0 Å². The van der Waals surface area contributed by atoms with Gasteiger partial charge in [0.1, 0.15) is 11.4 Å². The van der Waals surface area contributed by atoms with E-state index in [0.29, 0.717) is 11.1 Å². The zero-order valence-corrected chi connectivity index (χ0v) is 13.0. The van der Waals surface area contributed by atoms with Crippen molar-refractivity contribution in [3.63, 3.8) is 0 Å². The van der Waals surface area contributed by atoms with Crippen molar-refractivity contribution in [2.75, 3.05) is 0 Å². The molecule has 0 saturated carbocycles. The maximum atomic E-state index is 13.8. The second-order valence-electron chi connectivity index (χ2n) is 5.68. The summed E-state index contributed by atoms with van der Waals surface area (Å²) in [5.74, 6) is -0.458. The van der Waals surface area contributed by atoms with Gasteiger partial charge in [0.25, 0.3) is 0 Å². The third-order valence-electron chi connectivity index (χ3n) is 3.21. The van der Waals surface area contributed by atoms with Gasteiger partial charge < -0.3 is 4.74 Å². The maximum Gasteiger partial charge on any atom is 0.192 e. The van der Waals surface area contributed by atoms with Crippen molar-refractivity contribution in [1.29, 1.82) is 0 Å². The van der Waals surface area contributed by atoms with Gasteiger partial charge >= 0.3 is 0 Å². The first-order valence-corrected chi connectivity index (χ1v) is 6.85. The Morgan fingerprint density at radius 3 is 2.37 bits per heavy atom. The molecule has 1 aromatic carbocycles. The van der Waals surface area contributed by atoms with E-state index in [4.69, 9.17) is 4.74 Å². The molecule has 1 heterocycles. The van der Waals surface area contributed by atoms with Gasteiger partial charge in [0, 0.05) is 15.6 Å². The molecule has 0 radical (unpaired) electrons. The summed E-state index contributed by atoms with van der Waals surface area (Å²) in [6.45, 7) is 7.10. The second kappa shape index (κ2) is 4.53. The SMILES string of the molecule is CC1(C)OC(C)(C)C(=Cc2cc(Br)ccc2F)C1=O. The van der Waals surface area contributed by atoms with Gasteiger partial charge in [-0.05, 0) is 52.0 Å². The number of hydrogen-bond donors (Lipinski definition) is 0. The number of ether oxygens (including phenoxy) is 1. The minimum absolute atomic E-state index is 0.100. The highest BCUT2D eigenvalue weighted by atomic mass is 79.9. The molecule has 1 aliphatic rings. The molecule has 1 aromatic rings. The molecule has 0 spiro atoms. The molecule has 102 valence electrons. The first kappa shape index (κ1) is 14.4. The van der Waals surface area contributed by atoms with E-state index >= 15 is 0 Å². The highest BCUT2D eigenvalue weighted by molar-refractivity contribution is 9.10. The van der Waals surface area contributed by atoms with E-state index in [1.165, 1.54) is 6.07 Å². The van der Waals surface area contributed by atoms with E-state index in [-0.39, 0.29) is 11.6 Å². The van der Waals surface area contributed by atoms with E-state index in [1.807, 2.05) is 13.8 Å². The van der Waals surface area contributed by atoms with Crippen LogP contribution < -0.4 is 0 Å². The van der Waals surface area contributed by atoms with E-state index in [1.54, 1.807) is 32.1 Å². The Balaban J connectivity index is 2.54. The van der Waals surface area contributed by atoms with Crippen molar-refractivity contribution >= 4 is 27.8 Å². The van der Waals surface area contributed by atoms with Crippen LogP contribution in [0.1, 0.15) is 33.3 Å². The largest absolute Gasteiger partial charge is 0.357 e. The van der Waals surface area contributed by atoms with E-state index in [2.05, 4.69) is 15.9 Å². The second-order valence-corrected chi connectivity index (χ2v) is 6.59. The predicted molar refractivity (Wildman–Crippen MR) is 76.3 cm³/mol. The quantitative estimate of drug-likeness (QED) is 0.725. The number of ketones is 1. The van der Waals surface area contributed by atoms with Crippen molar-refractivity contribution in [2.45, 2.75) is 38.9 Å². The standard InChI is InChI=1S/C15H16BrFO2/c1-14(2)11(13(18)15(3,4)19-14)8-9-7-10(16)5-6-12(9)17/h5-8H,1-4H3. The summed E-state index contributed by atoms with van der Waals surface area (Å²) in [6.07, 6.45) is 1.58. The Labute approximate surface area is 120 Å². The molecule has 0 atom stereocenters. The van der Waals surface area contributed by atoms with Gasteiger partial charge in [-0.2, -0.15) is 0 Å². The number of rotatable bonds is 1. The van der Waals surface area contributed by atoms with Gasteiger partial charge in [-0.15, -0.1) is 0 Å². The monoisotopic (exact) mass is 326 g/mol. The molecular weight excluding hydrogens is 311 g/mol. The highest BCUT2D eigenvalue weighted by Gasteiger charge is 2.49. The first-order chi connectivity index (χ1) is 8.63. The van der Waals surface area contributed by atoms with Crippen LogP contribution in [0.5, 0.6) is 0 Å². The molecule has 0 unspecified atom stereocenters. The number of carbonyl (C=O) groups is 1. The van der Waals surface area contributed by atoms with E-state index < -0.39 is 11.2 Å². The number of halogens is 2. The highest BCUT2D eigenvalue weighted by Crippen LogP contribution is 2.39. The molecule has 0 N–H and O–H groups in total. The Morgan fingerprint density at radius 2 is 1.84 bits per heavy atom. The summed E-state index contributed by atoms with van der Waals surface area (Å²) in [5, 5.41) is 0. The van der Waals surface area contributed by atoms with Gasteiger partial charge in [-0.1, -0.05) is 15.9 Å². The van der Waals surface area contributed by atoms with Crippen LogP contribution in [0.2, 0.25) is 0 Å². The van der Waals surface area contributed by atoms with Gasteiger partial charge in [0.15, 0.2) is 5.78 Å². The maximum absolute atomic E-state index is 13.8. The minimum Gasteiger partial charge on any atom is -0.357 e. The number of carbonyl (C=O) groups excluding carboxylic acids is 1. The number of Topliss-reactive ketones (excluding diaryl/α,β-unsaturated/α-hetero) is 1. The van der Waals surface area contributed by atoms with Crippen molar-refractivity contribution in [2.24, 2.45) is 0 Å². The lowest BCUT2D eigenvalue weighted by Gasteiger charge is -2.22. The molecular formula is C15H16BrFO2. The van der Waals surface area contributed by atoms with Crippen LogP contribution in [0.25, 0.3) is 6.08 Å². The van der Waals surface area contributed by atoms with Gasteiger partial charge in [-0.3, -0.25) is 4.79 Å². The smallest absolute Gasteiger partial charge is 0.192 e. The lowest BCUT2D eigenvalue weighted by atomic mass is 9.91. The Bertz CT molecular complexity index is 574. The third-order valence-corrected chi connectivity index (χ3v) is 3.70. The van der Waals surface area contributed by atoms with Gasteiger partial charge in [0.2, 0.25) is 0 Å². The van der Waals surface area contributed by atoms with Crippen molar-refractivity contribution < 1.29 is 13.9 Å². The van der Waals surface area contributed by atoms with Crippen LogP contribution in [-0.4, -0.2) is 17.0 Å². The van der Waals surface area contributed by atoms with Gasteiger partial charge in [0.05, 0.1) is 5.60 Å². The van der Waals surface area contributed by atoms with Crippen LogP contribution in [-0.2, 0) is 9.53 Å². The summed E-state index contributed by atoms with van der Waals surface area (Å²) >= 11 is 3.30. The zero-order chi connectivity index (χ0) is 14.4. The van der Waals surface area contributed by atoms with Crippen LogP contribution in [0.3, 0.4) is 0 Å². The predicted octanol–water partition coefficient (Wildman–Crippen LogP) is 4.13. The lowest BCUT2D eigenvalue weighted by Crippen LogP contribution is -2.29. The average Bonchev–Trinajstić information content (AvgIpc) is 2.41. The minimum atomic E-state index is -0.863. The fraction of sp³-hybridized carbons (Fsp3) is 0.400. The lowest BCUT2D eigenvalue weighted by molar-refractivity contribution is -0.132. The average molecular weight is 327 g/mol. The van der Waals surface area contributed by atoms with Crippen LogP contribution in [0.15, 0.2) is 28.2 Å². The number of hydrogen-bond acceptors (Lipinski definition) is 2. The zero-order valence-electron chi connectivity index (χ0n) is 11.4. The molecule has 2 rings (SSSR count). The molecule has 1 fully saturated rings. The molecule has 1 aliphatic heterocycles.